The summed E-state index contributed by atoms with van der Waals surface area (Å²) < 4.78 is 0.241. The van der Waals surface area contributed by atoms with Crippen molar-refractivity contribution in [2.45, 2.75) is 69.5 Å². The topological polar surface area (TPSA) is 136 Å². The first-order valence-electron chi connectivity index (χ1n) is 11.7. The maximum absolute atomic E-state index is 12.5. The fourth-order valence-corrected chi connectivity index (χ4v) is 7.71. The summed E-state index contributed by atoms with van der Waals surface area (Å²) in [6, 6.07) is -0.750. The molecule has 182 valence electrons. The number of rotatable bonds is 7. The quantitative estimate of drug-likeness (QED) is 0.264. The molecule has 0 aliphatic carbocycles. The molecule has 0 saturated carbocycles. The van der Waals surface area contributed by atoms with Crippen LogP contribution in [-0.4, -0.2) is 81.5 Å². The molecule has 1 unspecified atom stereocenters. The molecule has 4 N–H and O–H groups in total. The predicted molar refractivity (Wildman–Crippen MR) is 122 cm³/mol. The normalized spacial score (nSPS) is 34.7. The molecule has 3 fully saturated rings. The highest BCUT2D eigenvalue weighted by molar-refractivity contribution is 8.03. The number of primary amides is 1. The number of carboxylic acids is 1. The fourth-order valence-electron chi connectivity index (χ4n) is 6.23. The van der Waals surface area contributed by atoms with Gasteiger partial charge in [-0.25, -0.2) is 9.28 Å². The molecule has 0 spiro atoms. The summed E-state index contributed by atoms with van der Waals surface area (Å²) in [5.41, 5.74) is 6.69. The van der Waals surface area contributed by atoms with Crippen molar-refractivity contribution in [1.82, 2.24) is 10.2 Å². The summed E-state index contributed by atoms with van der Waals surface area (Å²) in [5.74, 6) is -2.48. The standard InChI is InChI=1S/C23H34N4O5S/c1-11(13(3)27(23(24)32)7-5-6-8-27)16-9-15(10-25-16)33-20-12(2)18-17(14(4)28)21(29)26(18)19(20)22(30)31/h12-18,25,28H,1,5-10H2,2-4H3,(H2-,24,30,31,32)/t12-,13?,14-,15+,16+,17-,18-/m1/s1. The lowest BCUT2D eigenvalue weighted by Crippen LogP contribution is -2.64. The zero-order valence-electron chi connectivity index (χ0n) is 19.5. The van der Waals surface area contributed by atoms with Gasteiger partial charge >= 0.3 is 6.03 Å². The lowest BCUT2D eigenvalue weighted by molar-refractivity contribution is -0.855. The van der Waals surface area contributed by atoms with Gasteiger partial charge in [-0.1, -0.05) is 13.5 Å². The van der Waals surface area contributed by atoms with Gasteiger partial charge in [0.2, 0.25) is 5.91 Å². The second-order valence-electron chi connectivity index (χ2n) is 9.97. The van der Waals surface area contributed by atoms with Gasteiger partial charge in [-0.05, 0) is 25.8 Å². The van der Waals surface area contributed by atoms with Gasteiger partial charge in [-0.15, -0.1) is 11.8 Å². The van der Waals surface area contributed by atoms with Gasteiger partial charge in [-0.2, -0.15) is 0 Å². The number of likely N-dealkylation sites (tertiary alicyclic amines) is 1. The van der Waals surface area contributed by atoms with Crippen LogP contribution in [0.2, 0.25) is 0 Å². The Morgan fingerprint density at radius 1 is 1.33 bits per heavy atom. The first kappa shape index (κ1) is 24.3. The van der Waals surface area contributed by atoms with E-state index in [2.05, 4.69) is 11.9 Å². The number of hydrogen-bond donors (Lipinski definition) is 3. The van der Waals surface area contributed by atoms with E-state index in [4.69, 9.17) is 5.73 Å². The highest BCUT2D eigenvalue weighted by atomic mass is 32.2. The van der Waals surface area contributed by atoms with E-state index in [0.29, 0.717) is 11.4 Å². The van der Waals surface area contributed by atoms with Gasteiger partial charge in [0, 0.05) is 41.5 Å². The van der Waals surface area contributed by atoms with Crippen LogP contribution in [0, 0.1) is 11.8 Å². The number of aliphatic hydroxyl groups is 1. The molecule has 0 bridgehead atoms. The number of nitrogens with two attached hydrogens (primary N) is 1. The maximum Gasteiger partial charge on any atom is 0.414 e. The van der Waals surface area contributed by atoms with Gasteiger partial charge in [-0.3, -0.25) is 4.79 Å². The predicted octanol–water partition coefficient (Wildman–Crippen LogP) is -0.0969. The Labute approximate surface area is 198 Å². The SMILES string of the molecule is C=C(C(C)[N+]1(C(N)=O)CCCC1)[C@@H]1C[C@H](SC2=C(C(=O)[O-])N3C(=O)[C@H]([C@@H](C)O)[C@H]3[C@H]2C)CN1. The van der Waals surface area contributed by atoms with E-state index in [1.807, 2.05) is 13.8 Å². The summed E-state index contributed by atoms with van der Waals surface area (Å²) in [7, 11) is 0. The smallest absolute Gasteiger partial charge is 0.414 e. The zero-order valence-corrected chi connectivity index (χ0v) is 20.3. The molecule has 3 saturated heterocycles. The van der Waals surface area contributed by atoms with Crippen LogP contribution in [0.3, 0.4) is 0 Å². The van der Waals surface area contributed by atoms with Crippen molar-refractivity contribution in [1.29, 1.82) is 0 Å². The Bertz CT molecular complexity index is 913. The van der Waals surface area contributed by atoms with Gasteiger partial charge < -0.3 is 31.0 Å². The van der Waals surface area contributed by atoms with Crippen molar-refractivity contribution in [2.75, 3.05) is 19.6 Å². The third-order valence-electron chi connectivity index (χ3n) is 8.21. The fraction of sp³-hybridized carbons (Fsp3) is 0.696. The van der Waals surface area contributed by atoms with Crippen molar-refractivity contribution in [3.8, 4) is 0 Å². The average molecular weight is 479 g/mol. The van der Waals surface area contributed by atoms with Crippen molar-refractivity contribution < 1.29 is 29.1 Å². The maximum atomic E-state index is 12.5. The zero-order chi connectivity index (χ0) is 24.2. The van der Waals surface area contributed by atoms with E-state index in [9.17, 15) is 24.6 Å². The number of hydrogen-bond acceptors (Lipinski definition) is 7. The Morgan fingerprint density at radius 2 is 1.97 bits per heavy atom. The van der Waals surface area contributed by atoms with E-state index in [-0.39, 0.29) is 51.4 Å². The highest BCUT2D eigenvalue weighted by Gasteiger charge is 2.59. The molecular weight excluding hydrogens is 444 g/mol. The molecule has 0 aromatic heterocycles. The van der Waals surface area contributed by atoms with Crippen LogP contribution in [0.25, 0.3) is 0 Å². The molecule has 4 aliphatic heterocycles. The minimum absolute atomic E-state index is 0.0000322. The van der Waals surface area contributed by atoms with Crippen molar-refractivity contribution in [2.24, 2.45) is 17.6 Å². The van der Waals surface area contributed by atoms with Crippen molar-refractivity contribution in [3.63, 3.8) is 0 Å². The van der Waals surface area contributed by atoms with Crippen LogP contribution in [0.4, 0.5) is 4.79 Å². The number of carbonyl (C=O) groups is 3. The number of aliphatic hydroxyl groups excluding tert-OH is 1. The van der Waals surface area contributed by atoms with Gasteiger partial charge in [0.05, 0.1) is 42.8 Å². The minimum Gasteiger partial charge on any atom is -0.543 e. The van der Waals surface area contributed by atoms with Gasteiger partial charge in [0.1, 0.15) is 6.04 Å². The Morgan fingerprint density at radius 3 is 2.52 bits per heavy atom. The summed E-state index contributed by atoms with van der Waals surface area (Å²) in [4.78, 5) is 38.7. The number of aliphatic carboxylic acids is 1. The number of nitrogens with one attached hydrogen (secondary N) is 1. The molecule has 4 aliphatic rings. The number of amides is 3. The Hall–Kier alpha value is -1.88. The van der Waals surface area contributed by atoms with E-state index in [1.165, 1.54) is 16.7 Å². The first-order valence-corrected chi connectivity index (χ1v) is 12.6. The molecule has 4 rings (SSSR count). The average Bonchev–Trinajstić information content (AvgIpc) is 3.46. The summed E-state index contributed by atoms with van der Waals surface area (Å²) >= 11 is 1.48. The molecular formula is C23H34N4O5S. The van der Waals surface area contributed by atoms with Crippen molar-refractivity contribution in [3.05, 3.63) is 22.8 Å². The molecule has 3 amide bonds. The molecule has 0 aromatic rings. The molecule has 9 nitrogen and oxygen atoms in total. The van der Waals surface area contributed by atoms with E-state index in [1.54, 1.807) is 6.92 Å². The van der Waals surface area contributed by atoms with E-state index < -0.39 is 18.0 Å². The van der Waals surface area contributed by atoms with Crippen LogP contribution in [-0.2, 0) is 9.59 Å². The number of β-lactam (4-membered cyclic amide) rings is 1. The van der Waals surface area contributed by atoms with Crippen LogP contribution in [0.15, 0.2) is 22.8 Å². The highest BCUT2D eigenvalue weighted by Crippen LogP contribution is 2.51. The molecule has 10 heteroatoms. The Balaban J connectivity index is 1.47. The van der Waals surface area contributed by atoms with Crippen LogP contribution in [0.1, 0.15) is 40.0 Å². The largest absolute Gasteiger partial charge is 0.543 e. The molecule has 0 aromatic carbocycles. The lowest BCUT2D eigenvalue weighted by Gasteiger charge is -2.47. The van der Waals surface area contributed by atoms with Crippen LogP contribution in [0.5, 0.6) is 0 Å². The number of urea groups is 1. The number of carboxylic acid groups (broad SMARTS) is 1. The summed E-state index contributed by atoms with van der Waals surface area (Å²) in [5, 5.41) is 25.5. The summed E-state index contributed by atoms with van der Waals surface area (Å²) in [6.45, 7) is 11.9. The third kappa shape index (κ3) is 3.71. The number of fused-ring (bicyclic) bond motifs is 1. The lowest BCUT2D eigenvalue weighted by atomic mass is 9.79. The van der Waals surface area contributed by atoms with E-state index >= 15 is 0 Å². The number of thioether (sulfide) groups is 1. The molecule has 7 atom stereocenters. The number of quaternary nitrogens is 1. The van der Waals surface area contributed by atoms with Gasteiger partial charge in [0.25, 0.3) is 0 Å². The molecule has 33 heavy (non-hydrogen) atoms. The van der Waals surface area contributed by atoms with Crippen LogP contribution < -0.4 is 16.2 Å². The Kier molecular flexibility index (Phi) is 6.41. The van der Waals surface area contributed by atoms with Crippen LogP contribution >= 0.6 is 11.8 Å². The molecule has 4 heterocycles. The molecule has 0 radical (unpaired) electrons. The monoisotopic (exact) mass is 478 g/mol. The first-order chi connectivity index (χ1) is 15.5. The second kappa shape index (κ2) is 8.72. The van der Waals surface area contributed by atoms with E-state index in [0.717, 1.165) is 37.9 Å². The third-order valence-corrected chi connectivity index (χ3v) is 9.73. The minimum atomic E-state index is -1.35. The second-order valence-corrected chi connectivity index (χ2v) is 11.3. The van der Waals surface area contributed by atoms with Crippen molar-refractivity contribution >= 4 is 29.7 Å². The number of carbonyl (C=O) groups excluding carboxylic acids is 3. The summed E-state index contributed by atoms with van der Waals surface area (Å²) in [6.07, 6.45) is 1.85. The number of nitrogens with zero attached hydrogens (tertiary/aromatic N) is 2. The van der Waals surface area contributed by atoms with Gasteiger partial charge in [0.15, 0.2) is 0 Å².